The largest absolute Gasteiger partial charge is 0.478 e. The fourth-order valence-electron chi connectivity index (χ4n) is 7.51. The van der Waals surface area contributed by atoms with Crippen molar-refractivity contribution in [1.82, 2.24) is 9.97 Å². The Morgan fingerprint density at radius 1 is 1.16 bits per heavy atom. The van der Waals surface area contributed by atoms with Crippen LogP contribution in [0, 0.1) is 28.6 Å². The quantitative estimate of drug-likeness (QED) is 0.577. The third-order valence-electron chi connectivity index (χ3n) is 9.17. The number of rotatable bonds is 5. The smallest absolute Gasteiger partial charge is 0.216 e. The first-order valence-electron chi connectivity index (χ1n) is 12.3. The zero-order valence-corrected chi connectivity index (χ0v) is 19.2. The molecule has 0 spiro atoms. The Kier molecular flexibility index (Phi) is 5.85. The van der Waals surface area contributed by atoms with Crippen molar-refractivity contribution in [3.05, 3.63) is 30.7 Å². The van der Waals surface area contributed by atoms with Crippen molar-refractivity contribution in [1.29, 1.82) is 0 Å². The summed E-state index contributed by atoms with van der Waals surface area (Å²) in [5, 5.41) is 0. The van der Waals surface area contributed by atoms with E-state index < -0.39 is 0 Å². The molecule has 170 valence electrons. The number of aromatic nitrogens is 2. The number of fused-ring (bicyclic) bond motifs is 3. The van der Waals surface area contributed by atoms with Crippen molar-refractivity contribution in [2.24, 2.45) is 28.6 Å². The Bertz CT molecular complexity index is 780. The molecule has 6 atom stereocenters. The minimum Gasteiger partial charge on any atom is -0.478 e. The van der Waals surface area contributed by atoms with Crippen LogP contribution in [-0.4, -0.2) is 35.6 Å². The number of hydrogen-bond donors (Lipinski definition) is 0. The maximum atomic E-state index is 6.69. The van der Waals surface area contributed by atoms with E-state index in [1.165, 1.54) is 50.4 Å². The molecule has 31 heavy (non-hydrogen) atoms. The van der Waals surface area contributed by atoms with Crippen molar-refractivity contribution in [2.45, 2.75) is 84.0 Å². The van der Waals surface area contributed by atoms with E-state index >= 15 is 0 Å². The van der Waals surface area contributed by atoms with E-state index in [1.807, 2.05) is 6.07 Å². The van der Waals surface area contributed by atoms with Gasteiger partial charge in [0.15, 0.2) is 6.29 Å². The van der Waals surface area contributed by atoms with Gasteiger partial charge in [-0.15, -0.1) is 0 Å². The maximum Gasteiger partial charge on any atom is 0.216 e. The molecule has 1 aliphatic heterocycles. The maximum absolute atomic E-state index is 6.69. The Hall–Kier alpha value is -1.46. The average molecular weight is 427 g/mol. The van der Waals surface area contributed by atoms with E-state index in [4.69, 9.17) is 14.2 Å². The zero-order valence-electron chi connectivity index (χ0n) is 19.2. The minimum atomic E-state index is 0.0283. The first-order chi connectivity index (χ1) is 15.0. The molecule has 0 amide bonds. The summed E-state index contributed by atoms with van der Waals surface area (Å²) in [6.07, 6.45) is 14.4. The first kappa shape index (κ1) is 21.4. The molecule has 0 N–H and O–H groups in total. The van der Waals surface area contributed by atoms with Crippen LogP contribution in [0.5, 0.6) is 5.88 Å². The van der Waals surface area contributed by atoms with E-state index in [0.717, 1.165) is 25.9 Å². The van der Waals surface area contributed by atoms with Gasteiger partial charge in [-0.1, -0.05) is 38.8 Å². The molecule has 0 aromatic carbocycles. The summed E-state index contributed by atoms with van der Waals surface area (Å²) in [5.41, 5.74) is 1.71. The van der Waals surface area contributed by atoms with E-state index in [2.05, 4.69) is 30.4 Å². The highest BCUT2D eigenvalue weighted by Crippen LogP contribution is 2.63. The molecule has 0 radical (unpaired) electrons. The predicted molar refractivity (Wildman–Crippen MR) is 120 cm³/mol. The van der Waals surface area contributed by atoms with E-state index in [-0.39, 0.29) is 17.1 Å². The summed E-state index contributed by atoms with van der Waals surface area (Å²) < 4.78 is 19.1. The average Bonchev–Trinajstić information content (AvgIpc) is 3.31. The van der Waals surface area contributed by atoms with Crippen LogP contribution in [0.4, 0.5) is 0 Å². The summed E-state index contributed by atoms with van der Waals surface area (Å²) in [6.45, 7) is 11.0. The van der Waals surface area contributed by atoms with Gasteiger partial charge in [-0.3, -0.25) is 0 Å². The van der Waals surface area contributed by atoms with Gasteiger partial charge in [-0.05, 0) is 62.2 Å². The summed E-state index contributed by atoms with van der Waals surface area (Å²) in [7, 11) is 0. The van der Waals surface area contributed by atoms with Crippen LogP contribution in [0.2, 0.25) is 0 Å². The summed E-state index contributed by atoms with van der Waals surface area (Å²) in [4.78, 5) is 8.16. The topological polar surface area (TPSA) is 53.5 Å². The third-order valence-corrected chi connectivity index (χ3v) is 9.17. The van der Waals surface area contributed by atoms with E-state index in [1.54, 1.807) is 6.20 Å². The van der Waals surface area contributed by atoms with Gasteiger partial charge >= 0.3 is 0 Å². The van der Waals surface area contributed by atoms with Crippen LogP contribution in [0.1, 0.15) is 71.6 Å². The van der Waals surface area contributed by atoms with Crippen molar-refractivity contribution < 1.29 is 14.2 Å². The summed E-state index contributed by atoms with van der Waals surface area (Å²) >= 11 is 0. The van der Waals surface area contributed by atoms with Gasteiger partial charge in [0.2, 0.25) is 5.88 Å². The highest BCUT2D eigenvalue weighted by Gasteiger charge is 2.60. The lowest BCUT2D eigenvalue weighted by molar-refractivity contribution is -0.316. The molecule has 1 saturated heterocycles. The molecule has 1 aromatic rings. The van der Waals surface area contributed by atoms with Gasteiger partial charge in [0.25, 0.3) is 0 Å². The number of allylic oxidation sites excluding steroid dienone is 1. The standard InChI is InChI=1S/C26H38N2O3/c1-18-8-9-21-25(2,20(18)12-15-29-23-11-14-27-17-28-23)13-10-22-26(21,3)16-30-24(31-22)19-6-4-5-7-19/h11,14,17,19-22,24H,1,4-10,12-13,15-16H2,2-3H3/t20-,21?,22-,24-,25+,26+/m1/s1. The summed E-state index contributed by atoms with van der Waals surface area (Å²) in [6, 6.07) is 1.82. The monoisotopic (exact) mass is 426 g/mol. The van der Waals surface area contributed by atoms with Gasteiger partial charge in [-0.25, -0.2) is 9.97 Å². The SMILES string of the molecule is C=C1CCC2[C@]3(C)CO[C@@H](C4CCCC4)O[C@@H]3CC[C@@]2(C)[C@@H]1CCOc1ccncn1. The van der Waals surface area contributed by atoms with Crippen LogP contribution in [0.15, 0.2) is 30.7 Å². The molecule has 5 heteroatoms. The zero-order chi connectivity index (χ0) is 21.5. The van der Waals surface area contributed by atoms with Crippen LogP contribution in [0.3, 0.4) is 0 Å². The van der Waals surface area contributed by atoms with Crippen molar-refractivity contribution in [3.8, 4) is 5.88 Å². The second kappa shape index (κ2) is 8.47. The normalized spacial score (nSPS) is 40.9. The lowest BCUT2D eigenvalue weighted by Crippen LogP contribution is -2.62. The van der Waals surface area contributed by atoms with Gasteiger partial charge in [0.05, 0.1) is 19.3 Å². The lowest BCUT2D eigenvalue weighted by atomic mass is 9.46. The summed E-state index contributed by atoms with van der Waals surface area (Å²) in [5.74, 6) is 2.33. The molecular weight excluding hydrogens is 388 g/mol. The molecular formula is C26H38N2O3. The minimum absolute atomic E-state index is 0.0283. The molecule has 3 saturated carbocycles. The number of hydrogen-bond acceptors (Lipinski definition) is 5. The third kappa shape index (κ3) is 3.82. The number of ether oxygens (including phenoxy) is 3. The predicted octanol–water partition coefficient (Wildman–Crippen LogP) is 5.57. The van der Waals surface area contributed by atoms with Gasteiger partial charge in [0, 0.05) is 23.6 Å². The molecule has 0 bridgehead atoms. The molecule has 1 aromatic heterocycles. The number of nitrogens with zero attached hydrogens (tertiary/aromatic N) is 2. The Morgan fingerprint density at radius 2 is 2.00 bits per heavy atom. The Labute approximate surface area is 187 Å². The second-order valence-corrected chi connectivity index (χ2v) is 10.9. The lowest BCUT2D eigenvalue weighted by Gasteiger charge is -2.63. The van der Waals surface area contributed by atoms with Crippen LogP contribution in [0.25, 0.3) is 0 Å². The first-order valence-corrected chi connectivity index (χ1v) is 12.3. The molecule has 1 unspecified atom stereocenters. The highest BCUT2D eigenvalue weighted by atomic mass is 16.7. The Balaban J connectivity index is 1.29. The second-order valence-electron chi connectivity index (χ2n) is 10.9. The van der Waals surface area contributed by atoms with Gasteiger partial charge in [0.1, 0.15) is 6.33 Å². The van der Waals surface area contributed by atoms with Gasteiger partial charge < -0.3 is 14.2 Å². The van der Waals surface area contributed by atoms with Crippen LogP contribution in [-0.2, 0) is 9.47 Å². The van der Waals surface area contributed by atoms with E-state index in [9.17, 15) is 0 Å². The van der Waals surface area contributed by atoms with E-state index in [0.29, 0.717) is 36.3 Å². The van der Waals surface area contributed by atoms with Crippen LogP contribution >= 0.6 is 0 Å². The van der Waals surface area contributed by atoms with Gasteiger partial charge in [-0.2, -0.15) is 0 Å². The fourth-order valence-corrected chi connectivity index (χ4v) is 7.51. The van der Waals surface area contributed by atoms with Crippen LogP contribution < -0.4 is 4.74 Å². The van der Waals surface area contributed by atoms with Crippen molar-refractivity contribution in [2.75, 3.05) is 13.2 Å². The molecule has 5 rings (SSSR count). The fraction of sp³-hybridized carbons (Fsp3) is 0.769. The molecule has 2 heterocycles. The Morgan fingerprint density at radius 3 is 2.77 bits per heavy atom. The molecule has 4 fully saturated rings. The molecule has 4 aliphatic rings. The highest BCUT2D eigenvalue weighted by molar-refractivity contribution is 5.18. The molecule has 5 nitrogen and oxygen atoms in total. The van der Waals surface area contributed by atoms with Crippen molar-refractivity contribution >= 4 is 0 Å². The van der Waals surface area contributed by atoms with Crippen molar-refractivity contribution in [3.63, 3.8) is 0 Å². The molecule has 3 aliphatic carbocycles.